The van der Waals surface area contributed by atoms with Gasteiger partial charge < -0.3 is 7.58 Å². The van der Waals surface area contributed by atoms with Crippen LogP contribution in [0.5, 0.6) is 5.75 Å². The maximum absolute atomic E-state index is 15.2. The second kappa shape index (κ2) is 7.30. The Balaban J connectivity index is 2.41. The van der Waals surface area contributed by atoms with Crippen molar-refractivity contribution >= 4 is 81.9 Å². The zero-order valence-corrected chi connectivity index (χ0v) is 17.7. The topological polar surface area (TPSA) is 18.5 Å². The van der Waals surface area contributed by atoms with Gasteiger partial charge >= 0.3 is 13.9 Å². The molecule has 6 unspecified atom stereocenters. The van der Waals surface area contributed by atoms with E-state index in [-0.39, 0.29) is 5.75 Å². The summed E-state index contributed by atoms with van der Waals surface area (Å²) in [6.07, 6.45) is 0. The highest BCUT2D eigenvalue weighted by Crippen LogP contribution is 2.69. The molecule has 0 aromatic heterocycles. The van der Waals surface area contributed by atoms with Crippen molar-refractivity contribution in [3.63, 3.8) is 0 Å². The number of hydrogen-bond acceptors (Lipinski definition) is 2. The average Bonchev–Trinajstić information content (AvgIpc) is 2.53. The van der Waals surface area contributed by atoms with Gasteiger partial charge in [0.25, 0.3) is 26.4 Å². The van der Waals surface area contributed by atoms with Crippen molar-refractivity contribution in [2.75, 3.05) is 0 Å². The molecule has 146 valence electrons. The molecule has 0 spiro atoms. The molecule has 0 aliphatic heterocycles. The van der Waals surface area contributed by atoms with Gasteiger partial charge in [-0.25, -0.2) is 22.0 Å². The molecule has 0 heterocycles. The summed E-state index contributed by atoms with van der Waals surface area (Å²) in [5, 5.41) is -21.4. The van der Waals surface area contributed by atoms with Gasteiger partial charge in [-0.2, -0.15) is 10.0 Å². The van der Waals surface area contributed by atoms with Crippen molar-refractivity contribution in [3.8, 4) is 5.75 Å². The Morgan fingerprint density at radius 3 is 1.85 bits per heavy atom. The largest absolute Gasteiger partial charge is 0.908 e. The summed E-state index contributed by atoms with van der Waals surface area (Å²) in [6, 6.07) is 7.35. The van der Waals surface area contributed by atoms with E-state index in [4.69, 9.17) is 71.8 Å². The Hall–Kier alpha value is 0.902. The van der Waals surface area contributed by atoms with Crippen LogP contribution >= 0.6 is 68.1 Å². The van der Waals surface area contributed by atoms with E-state index in [1.807, 2.05) is 0 Å². The zero-order valence-electron chi connectivity index (χ0n) is 12.0. The summed E-state index contributed by atoms with van der Waals surface area (Å²) in [7, 11) is 5.70. The summed E-state index contributed by atoms with van der Waals surface area (Å²) >= 11 is 21.8. The second-order valence-corrected chi connectivity index (χ2v) is 9.82. The molecule has 0 radical (unpaired) electrons. The van der Waals surface area contributed by atoms with Gasteiger partial charge in [0, 0.05) is 0 Å². The van der Waals surface area contributed by atoms with Crippen LogP contribution in [-0.4, -0.2) is 45.6 Å². The van der Waals surface area contributed by atoms with Gasteiger partial charge in [0.05, 0.1) is 5.75 Å². The number of hydrogen-bond donors (Lipinski definition) is 0. The Morgan fingerprint density at radius 2 is 1.35 bits per heavy atom. The molecule has 1 aliphatic carbocycles. The lowest BCUT2D eigenvalue weighted by molar-refractivity contribution is -0.245. The van der Waals surface area contributed by atoms with E-state index in [1.165, 1.54) is 24.3 Å². The molecule has 2 rings (SSSR count). The molecule has 1 aromatic carbocycles. The third-order valence-electron chi connectivity index (χ3n) is 3.52. The smallest absolute Gasteiger partial charge is 0.610 e. The van der Waals surface area contributed by atoms with E-state index in [2.05, 4.69) is 3.79 Å². The first-order valence-electron chi connectivity index (χ1n) is 6.50. The fourth-order valence-electron chi connectivity index (χ4n) is 2.07. The van der Waals surface area contributed by atoms with Crippen molar-refractivity contribution in [2.24, 2.45) is 0 Å². The minimum atomic E-state index is -4.75. The Morgan fingerprint density at radius 1 is 0.846 bits per heavy atom. The quantitative estimate of drug-likeness (QED) is 0.269. The van der Waals surface area contributed by atoms with Crippen molar-refractivity contribution in [1.82, 2.24) is 0 Å². The fourth-order valence-corrected chi connectivity index (χ4v) is 5.54. The van der Waals surface area contributed by atoms with Crippen molar-refractivity contribution < 1.29 is 29.5 Å². The average molecular weight is 517 g/mol. The van der Waals surface area contributed by atoms with E-state index < -0.39 is 45.6 Å². The van der Waals surface area contributed by atoms with Crippen LogP contribution in [-0.2, 0) is 3.79 Å². The highest BCUT2D eigenvalue weighted by atomic mass is 35.6. The summed E-state index contributed by atoms with van der Waals surface area (Å²) in [4.78, 5) is 0. The van der Waals surface area contributed by atoms with Crippen LogP contribution in [0.15, 0.2) is 30.3 Å². The fraction of sp³-hybridized carbons (Fsp3) is 0.500. The Labute approximate surface area is 178 Å². The first-order valence-corrected chi connectivity index (χ1v) is 11.1. The lowest BCUT2D eigenvalue weighted by Crippen LogP contribution is -2.79. The summed E-state index contributed by atoms with van der Waals surface area (Å²) in [5.74, 6) is -4.31. The number of rotatable bonds is 4. The molecule has 1 saturated carbocycles. The van der Waals surface area contributed by atoms with Crippen LogP contribution in [0.2, 0.25) is 0 Å². The molecule has 6 atom stereocenters. The van der Waals surface area contributed by atoms with Gasteiger partial charge in [0.2, 0.25) is 0 Å². The number of alkyl halides is 10. The molecule has 0 N–H and O–H groups in total. The second-order valence-electron chi connectivity index (χ2n) is 5.18. The zero-order chi connectivity index (χ0) is 20.2. The van der Waals surface area contributed by atoms with E-state index in [9.17, 15) is 17.6 Å². The number of para-hydroxylation sites is 1. The normalized spacial score (nSPS) is 46.0. The first kappa shape index (κ1) is 23.2. The third kappa shape index (κ3) is 3.28. The standard InChI is InChI=1S/C6HCl5F5O.C6H6O.Al.ClH/c7-1-2(8,12)4(9,14)6(11,16)5(10,15)3(1,13)17;7-6-4-2-1-3-5-6;;/h1H;1-5,7H;;1H/q-1;;+3;/p-2. The predicted octanol–water partition coefficient (Wildman–Crippen LogP) is 6.21. The van der Waals surface area contributed by atoms with Crippen LogP contribution in [0.1, 0.15) is 0 Å². The van der Waals surface area contributed by atoms with Gasteiger partial charge in [-0.3, -0.25) is 0 Å². The molecule has 14 heteroatoms. The Bertz CT molecular complexity index is 667. The summed E-state index contributed by atoms with van der Waals surface area (Å²) < 4.78 is 82.5. The maximum atomic E-state index is 15.2. The lowest BCUT2D eigenvalue weighted by atomic mass is 9.86. The third-order valence-corrected chi connectivity index (χ3v) is 8.07. The first-order chi connectivity index (χ1) is 11.6. The monoisotopic (exact) mass is 514 g/mol. The molecular weight excluding hydrogens is 511 g/mol. The molecular formula is C12H6AlCl6F5O2. The SMILES string of the molecule is FC1(Cl)C(Cl)C(F)([O][Al]([Cl])[O]c2ccccc2)C(F)(Cl)C(F)(Cl)C1(F)Cl. The van der Waals surface area contributed by atoms with Crippen LogP contribution in [0, 0.1) is 0 Å². The van der Waals surface area contributed by atoms with E-state index >= 15 is 4.39 Å². The van der Waals surface area contributed by atoms with Gasteiger partial charge in [-0.15, -0.1) is 11.6 Å². The molecule has 0 bridgehead atoms. The summed E-state index contributed by atoms with van der Waals surface area (Å²) in [5.41, 5.74) is 0. The molecule has 26 heavy (non-hydrogen) atoms. The van der Waals surface area contributed by atoms with Gasteiger partial charge in [-0.05, 0) is 12.1 Å². The van der Waals surface area contributed by atoms with E-state index in [1.54, 1.807) is 6.07 Å². The minimum Gasteiger partial charge on any atom is -0.610 e. The maximum Gasteiger partial charge on any atom is 0.908 e. The van der Waals surface area contributed by atoms with Gasteiger partial charge in [0.1, 0.15) is 5.38 Å². The molecule has 1 aliphatic rings. The van der Waals surface area contributed by atoms with Crippen LogP contribution < -0.4 is 3.79 Å². The molecule has 2 nitrogen and oxygen atoms in total. The van der Waals surface area contributed by atoms with Crippen LogP contribution in [0.25, 0.3) is 0 Å². The molecule has 1 fully saturated rings. The molecule has 0 saturated heterocycles. The summed E-state index contributed by atoms with van der Waals surface area (Å²) in [6.45, 7) is 0. The Kier molecular flexibility index (Phi) is 6.51. The highest BCUT2D eigenvalue weighted by Gasteiger charge is 2.90. The van der Waals surface area contributed by atoms with Crippen molar-refractivity contribution in [3.05, 3.63) is 30.3 Å². The number of benzene rings is 1. The minimum absolute atomic E-state index is 0.0516. The van der Waals surface area contributed by atoms with Crippen LogP contribution in [0.3, 0.4) is 0 Å². The van der Waals surface area contributed by atoms with E-state index in [0.717, 1.165) is 0 Å². The number of halogens is 11. The van der Waals surface area contributed by atoms with Crippen molar-refractivity contribution in [2.45, 2.75) is 31.7 Å². The van der Waals surface area contributed by atoms with E-state index in [0.29, 0.717) is 0 Å². The predicted molar refractivity (Wildman–Crippen MR) is 92.0 cm³/mol. The molecule has 0 amide bonds. The van der Waals surface area contributed by atoms with Crippen molar-refractivity contribution in [1.29, 1.82) is 0 Å². The molecule has 1 aromatic rings. The van der Waals surface area contributed by atoms with Gasteiger partial charge in [-0.1, -0.05) is 64.6 Å². The van der Waals surface area contributed by atoms with Gasteiger partial charge in [0.15, 0.2) is 0 Å². The van der Waals surface area contributed by atoms with Crippen LogP contribution in [0.4, 0.5) is 22.0 Å². The highest BCUT2D eigenvalue weighted by molar-refractivity contribution is 6.99. The lowest BCUT2D eigenvalue weighted by Gasteiger charge is -2.54.